The second-order valence-corrected chi connectivity index (χ2v) is 3.05. The molecule has 0 saturated heterocycles. The summed E-state index contributed by atoms with van der Waals surface area (Å²) in [7, 11) is 0. The summed E-state index contributed by atoms with van der Waals surface area (Å²) >= 11 is 1.53. The largest absolute Gasteiger partial charge is 0.391 e. The summed E-state index contributed by atoms with van der Waals surface area (Å²) in [6, 6.07) is 1.82. The Balaban J connectivity index is 2.50. The Morgan fingerprint density at radius 3 is 3.17 bits per heavy atom. The topological polar surface area (TPSA) is 29.1 Å². The van der Waals surface area contributed by atoms with Gasteiger partial charge in [-0.3, -0.25) is 4.79 Å². The minimum atomic E-state index is 0.0530. The van der Waals surface area contributed by atoms with Crippen molar-refractivity contribution >= 4 is 17.1 Å². The molecule has 0 bridgehead atoms. The molecule has 0 aliphatic heterocycles. The second kappa shape index (κ2) is 4.72. The minimum absolute atomic E-state index is 0.0530. The number of thiophene rings is 1. The SMILES string of the molecule is CCN/C=C/C(=O)c1ccsc1. The van der Waals surface area contributed by atoms with E-state index in [0.717, 1.165) is 12.1 Å². The Kier molecular flexibility index (Phi) is 3.54. The van der Waals surface area contributed by atoms with Crippen LogP contribution in [0.25, 0.3) is 0 Å². The van der Waals surface area contributed by atoms with Gasteiger partial charge in [0.05, 0.1) is 0 Å². The van der Waals surface area contributed by atoms with Crippen LogP contribution in [0.2, 0.25) is 0 Å². The normalized spacial score (nSPS) is 10.4. The summed E-state index contributed by atoms with van der Waals surface area (Å²) in [6.07, 6.45) is 3.23. The van der Waals surface area contributed by atoms with E-state index in [1.165, 1.54) is 11.3 Å². The third-order valence-electron chi connectivity index (χ3n) is 1.36. The van der Waals surface area contributed by atoms with E-state index in [1.54, 1.807) is 12.3 Å². The zero-order chi connectivity index (χ0) is 8.81. The van der Waals surface area contributed by atoms with Gasteiger partial charge >= 0.3 is 0 Å². The lowest BCUT2D eigenvalue weighted by Crippen LogP contribution is -2.03. The van der Waals surface area contributed by atoms with Gasteiger partial charge in [0, 0.05) is 29.8 Å². The number of nitrogens with one attached hydrogen (secondary N) is 1. The molecule has 12 heavy (non-hydrogen) atoms. The molecule has 0 spiro atoms. The average Bonchev–Trinajstić information content (AvgIpc) is 2.56. The molecule has 0 aliphatic carbocycles. The molecule has 0 aliphatic rings. The molecule has 1 rings (SSSR count). The van der Waals surface area contributed by atoms with Gasteiger partial charge in [-0.15, -0.1) is 0 Å². The van der Waals surface area contributed by atoms with Crippen molar-refractivity contribution in [3.05, 3.63) is 34.7 Å². The van der Waals surface area contributed by atoms with Crippen molar-refractivity contribution in [2.45, 2.75) is 6.92 Å². The highest BCUT2D eigenvalue weighted by molar-refractivity contribution is 7.08. The standard InChI is InChI=1S/C9H11NOS/c1-2-10-5-3-9(11)8-4-6-12-7-8/h3-7,10H,2H2,1H3/b5-3+. The first-order valence-electron chi connectivity index (χ1n) is 3.81. The van der Waals surface area contributed by atoms with Crippen LogP contribution < -0.4 is 5.32 Å². The van der Waals surface area contributed by atoms with Gasteiger partial charge < -0.3 is 5.32 Å². The van der Waals surface area contributed by atoms with E-state index in [-0.39, 0.29) is 5.78 Å². The Bertz CT molecular complexity index is 264. The van der Waals surface area contributed by atoms with E-state index in [9.17, 15) is 4.79 Å². The van der Waals surface area contributed by atoms with Crippen molar-refractivity contribution < 1.29 is 4.79 Å². The predicted octanol–water partition coefficient (Wildman–Crippen LogP) is 2.05. The number of ketones is 1. The van der Waals surface area contributed by atoms with Gasteiger partial charge in [-0.2, -0.15) is 11.3 Å². The second-order valence-electron chi connectivity index (χ2n) is 2.27. The number of allylic oxidation sites excluding steroid dienone is 1. The molecule has 1 N–H and O–H groups in total. The van der Waals surface area contributed by atoms with E-state index in [4.69, 9.17) is 0 Å². The zero-order valence-corrected chi connectivity index (χ0v) is 7.73. The van der Waals surface area contributed by atoms with Crippen LogP contribution in [0.3, 0.4) is 0 Å². The van der Waals surface area contributed by atoms with E-state index < -0.39 is 0 Å². The number of rotatable bonds is 4. The minimum Gasteiger partial charge on any atom is -0.391 e. The van der Waals surface area contributed by atoms with Crippen LogP contribution in [0.1, 0.15) is 17.3 Å². The summed E-state index contributed by atoms with van der Waals surface area (Å²) in [5, 5.41) is 6.69. The van der Waals surface area contributed by atoms with Gasteiger partial charge in [-0.1, -0.05) is 0 Å². The van der Waals surface area contributed by atoms with Crippen molar-refractivity contribution in [3.8, 4) is 0 Å². The fourth-order valence-electron chi connectivity index (χ4n) is 0.753. The van der Waals surface area contributed by atoms with Crippen LogP contribution in [-0.2, 0) is 0 Å². The van der Waals surface area contributed by atoms with Crippen LogP contribution >= 0.6 is 11.3 Å². The third kappa shape index (κ3) is 2.51. The van der Waals surface area contributed by atoms with Gasteiger partial charge in [0.1, 0.15) is 0 Å². The van der Waals surface area contributed by atoms with Gasteiger partial charge in [0.2, 0.25) is 0 Å². The van der Waals surface area contributed by atoms with E-state index in [0.29, 0.717) is 0 Å². The highest BCUT2D eigenvalue weighted by Crippen LogP contribution is 2.06. The van der Waals surface area contributed by atoms with Crippen molar-refractivity contribution in [3.63, 3.8) is 0 Å². The molecule has 3 heteroatoms. The van der Waals surface area contributed by atoms with Crippen LogP contribution in [0.5, 0.6) is 0 Å². The summed E-state index contributed by atoms with van der Waals surface area (Å²) in [4.78, 5) is 11.3. The van der Waals surface area contributed by atoms with Crippen LogP contribution in [0, 0.1) is 0 Å². The Hall–Kier alpha value is -1.09. The molecule has 0 unspecified atom stereocenters. The lowest BCUT2D eigenvalue weighted by Gasteiger charge is -1.90. The Morgan fingerprint density at radius 2 is 2.58 bits per heavy atom. The van der Waals surface area contributed by atoms with Crippen molar-refractivity contribution in [1.82, 2.24) is 5.32 Å². The quantitative estimate of drug-likeness (QED) is 0.569. The highest BCUT2D eigenvalue weighted by atomic mass is 32.1. The van der Waals surface area contributed by atoms with Gasteiger partial charge in [-0.05, 0) is 18.4 Å². The summed E-state index contributed by atoms with van der Waals surface area (Å²) in [6.45, 7) is 2.83. The number of hydrogen-bond acceptors (Lipinski definition) is 3. The van der Waals surface area contributed by atoms with Gasteiger partial charge in [0.25, 0.3) is 0 Å². The van der Waals surface area contributed by atoms with Crippen LogP contribution in [-0.4, -0.2) is 12.3 Å². The molecule has 0 saturated carbocycles. The first-order valence-corrected chi connectivity index (χ1v) is 4.75. The monoisotopic (exact) mass is 181 g/mol. The molecule has 0 aromatic carbocycles. The molecule has 1 aromatic heterocycles. The highest BCUT2D eigenvalue weighted by Gasteiger charge is 1.99. The average molecular weight is 181 g/mol. The van der Waals surface area contributed by atoms with E-state index in [2.05, 4.69) is 5.32 Å². The van der Waals surface area contributed by atoms with Crippen molar-refractivity contribution in [1.29, 1.82) is 0 Å². The van der Waals surface area contributed by atoms with Crippen LogP contribution in [0.4, 0.5) is 0 Å². The maximum Gasteiger partial charge on any atom is 0.188 e. The summed E-state index contributed by atoms with van der Waals surface area (Å²) < 4.78 is 0. The van der Waals surface area contributed by atoms with Gasteiger partial charge in [-0.25, -0.2) is 0 Å². The maximum atomic E-state index is 11.3. The van der Waals surface area contributed by atoms with Crippen LogP contribution in [0.15, 0.2) is 29.1 Å². The van der Waals surface area contributed by atoms with Crippen molar-refractivity contribution in [2.75, 3.05) is 6.54 Å². The fourth-order valence-corrected chi connectivity index (χ4v) is 1.40. The number of hydrogen-bond donors (Lipinski definition) is 1. The Labute approximate surface area is 75.9 Å². The molecular weight excluding hydrogens is 170 g/mol. The van der Waals surface area contributed by atoms with E-state index >= 15 is 0 Å². The molecule has 2 nitrogen and oxygen atoms in total. The number of carbonyl (C=O) groups is 1. The number of carbonyl (C=O) groups excluding carboxylic acids is 1. The molecular formula is C9H11NOS. The lowest BCUT2D eigenvalue weighted by atomic mass is 10.2. The van der Waals surface area contributed by atoms with Gasteiger partial charge in [0.15, 0.2) is 5.78 Å². The molecule has 64 valence electrons. The molecule has 0 fully saturated rings. The fraction of sp³-hybridized carbons (Fsp3) is 0.222. The maximum absolute atomic E-state index is 11.3. The third-order valence-corrected chi connectivity index (χ3v) is 2.05. The summed E-state index contributed by atoms with van der Waals surface area (Å²) in [5.74, 6) is 0.0530. The zero-order valence-electron chi connectivity index (χ0n) is 6.91. The molecule has 1 heterocycles. The van der Waals surface area contributed by atoms with Crippen molar-refractivity contribution in [2.24, 2.45) is 0 Å². The molecule has 0 atom stereocenters. The molecule has 0 radical (unpaired) electrons. The molecule has 0 amide bonds. The first-order chi connectivity index (χ1) is 5.84. The first kappa shape index (κ1) is 9.00. The predicted molar refractivity (Wildman–Crippen MR) is 51.5 cm³/mol. The van der Waals surface area contributed by atoms with E-state index in [1.807, 2.05) is 23.8 Å². The molecule has 1 aromatic rings. The lowest BCUT2D eigenvalue weighted by molar-refractivity contribution is 0.104. The Morgan fingerprint density at radius 1 is 1.75 bits per heavy atom. The summed E-state index contributed by atoms with van der Waals surface area (Å²) in [5.41, 5.74) is 0.758. The smallest absolute Gasteiger partial charge is 0.188 e.